The first-order valence-corrected chi connectivity index (χ1v) is 3.16. The summed E-state index contributed by atoms with van der Waals surface area (Å²) < 4.78 is 4.80. The third-order valence-corrected chi connectivity index (χ3v) is 0.816. The Kier molecular flexibility index (Phi) is 4.67. The molecule has 0 spiro atoms. The fraction of sp³-hybridized carbons (Fsp3) is 1.00. The van der Waals surface area contributed by atoms with Crippen LogP contribution in [0.3, 0.4) is 0 Å². The summed E-state index contributed by atoms with van der Waals surface area (Å²) in [6, 6.07) is 0.406. The fourth-order valence-electron chi connectivity index (χ4n) is 0.335. The minimum atomic E-state index is -0.670. The summed E-state index contributed by atoms with van der Waals surface area (Å²) in [7, 11) is 0. The van der Waals surface area contributed by atoms with Crippen LogP contribution in [0.4, 0.5) is 0 Å². The van der Waals surface area contributed by atoms with Crippen LogP contribution < -0.4 is 5.32 Å². The molecule has 3 nitrogen and oxygen atoms in total. The second kappa shape index (κ2) is 4.73. The van der Waals surface area contributed by atoms with E-state index in [9.17, 15) is 0 Å². The maximum atomic E-state index is 8.60. The molecule has 0 radical (unpaired) electrons. The molecule has 0 aliphatic heterocycles. The van der Waals surface area contributed by atoms with Crippen LogP contribution in [-0.2, 0) is 4.74 Å². The quantitative estimate of drug-likeness (QED) is 0.542. The average Bonchev–Trinajstić information content (AvgIpc) is 1.63. The van der Waals surface area contributed by atoms with E-state index in [1.165, 1.54) is 0 Å². The van der Waals surface area contributed by atoms with Crippen molar-refractivity contribution in [2.24, 2.45) is 0 Å². The highest BCUT2D eigenvalue weighted by molar-refractivity contribution is 4.45. The number of aliphatic hydroxyl groups excluding tert-OH is 1. The molecule has 0 bridgehead atoms. The van der Waals surface area contributed by atoms with E-state index < -0.39 is 6.29 Å². The summed E-state index contributed by atoms with van der Waals surface area (Å²) in [5.74, 6) is 0. The van der Waals surface area contributed by atoms with E-state index in [2.05, 4.69) is 5.32 Å². The monoisotopic (exact) mass is 133 g/mol. The Labute approximate surface area is 56.0 Å². The molecule has 0 amide bonds. The Balaban J connectivity index is 2.91. The third kappa shape index (κ3) is 7.88. The first-order valence-electron chi connectivity index (χ1n) is 3.16. The van der Waals surface area contributed by atoms with Gasteiger partial charge in [0, 0.05) is 6.04 Å². The first-order chi connectivity index (χ1) is 4.13. The lowest BCUT2D eigenvalue weighted by Gasteiger charge is -2.09. The van der Waals surface area contributed by atoms with Gasteiger partial charge in [-0.25, -0.2) is 0 Å². The molecule has 2 N–H and O–H groups in total. The number of nitrogens with one attached hydrogen (secondary N) is 1. The molecule has 0 rings (SSSR count). The van der Waals surface area contributed by atoms with Gasteiger partial charge in [-0.3, -0.25) is 5.32 Å². The third-order valence-electron chi connectivity index (χ3n) is 0.816. The molecule has 0 aromatic heterocycles. The summed E-state index contributed by atoms with van der Waals surface area (Å²) >= 11 is 0. The highest BCUT2D eigenvalue weighted by atomic mass is 16.6. The molecule has 0 fully saturated rings. The number of hydrogen-bond donors (Lipinski definition) is 2. The Bertz CT molecular complexity index is 56.1. The van der Waals surface area contributed by atoms with Crippen LogP contribution in [-0.4, -0.2) is 24.2 Å². The Hall–Kier alpha value is -0.120. The SMILES string of the molecule is CC(C)NCOC(C)O. The fourth-order valence-corrected chi connectivity index (χ4v) is 0.335. The maximum absolute atomic E-state index is 8.60. The van der Waals surface area contributed by atoms with Gasteiger partial charge < -0.3 is 9.84 Å². The van der Waals surface area contributed by atoms with Crippen LogP contribution in [0.1, 0.15) is 20.8 Å². The molecule has 0 aromatic carbocycles. The predicted octanol–water partition coefficient (Wildman–Crippen LogP) is 0.297. The van der Waals surface area contributed by atoms with Crippen LogP contribution >= 0.6 is 0 Å². The van der Waals surface area contributed by atoms with Crippen LogP contribution in [0.5, 0.6) is 0 Å². The minimum absolute atomic E-state index is 0.406. The lowest BCUT2D eigenvalue weighted by molar-refractivity contribution is -0.0925. The van der Waals surface area contributed by atoms with E-state index >= 15 is 0 Å². The van der Waals surface area contributed by atoms with Crippen molar-refractivity contribution < 1.29 is 9.84 Å². The number of ether oxygens (including phenoxy) is 1. The zero-order valence-corrected chi connectivity index (χ0v) is 6.22. The smallest absolute Gasteiger partial charge is 0.153 e. The maximum Gasteiger partial charge on any atom is 0.153 e. The van der Waals surface area contributed by atoms with Gasteiger partial charge in [-0.05, 0) is 20.8 Å². The van der Waals surface area contributed by atoms with Gasteiger partial charge in [0.2, 0.25) is 0 Å². The van der Waals surface area contributed by atoms with E-state index in [1.54, 1.807) is 6.92 Å². The van der Waals surface area contributed by atoms with Crippen molar-refractivity contribution in [3.63, 3.8) is 0 Å². The molecule has 3 heteroatoms. The van der Waals surface area contributed by atoms with Gasteiger partial charge >= 0.3 is 0 Å². The van der Waals surface area contributed by atoms with Gasteiger partial charge in [0.1, 0.15) is 0 Å². The summed E-state index contributed by atoms with van der Waals surface area (Å²) in [5.41, 5.74) is 0. The van der Waals surface area contributed by atoms with Crippen molar-refractivity contribution in [1.29, 1.82) is 0 Å². The summed E-state index contributed by atoms with van der Waals surface area (Å²) in [6.45, 7) is 6.04. The normalized spacial score (nSPS) is 14.3. The van der Waals surface area contributed by atoms with Crippen LogP contribution in [0.15, 0.2) is 0 Å². The highest BCUT2D eigenvalue weighted by Gasteiger charge is 1.93. The van der Waals surface area contributed by atoms with Crippen molar-refractivity contribution in [3.05, 3.63) is 0 Å². The first kappa shape index (κ1) is 8.88. The van der Waals surface area contributed by atoms with E-state index in [1.807, 2.05) is 13.8 Å². The van der Waals surface area contributed by atoms with Crippen LogP contribution in [0.25, 0.3) is 0 Å². The Morgan fingerprint density at radius 3 is 2.33 bits per heavy atom. The molecular formula is C6H15NO2. The van der Waals surface area contributed by atoms with Gasteiger partial charge in [-0.1, -0.05) is 0 Å². The minimum Gasteiger partial charge on any atom is -0.368 e. The van der Waals surface area contributed by atoms with Crippen molar-refractivity contribution >= 4 is 0 Å². The Morgan fingerprint density at radius 2 is 2.00 bits per heavy atom. The van der Waals surface area contributed by atoms with E-state index in [0.29, 0.717) is 12.8 Å². The van der Waals surface area contributed by atoms with Crippen LogP contribution in [0.2, 0.25) is 0 Å². The molecule has 56 valence electrons. The number of hydrogen-bond acceptors (Lipinski definition) is 3. The lowest BCUT2D eigenvalue weighted by Crippen LogP contribution is -2.27. The van der Waals surface area contributed by atoms with Crippen molar-refractivity contribution in [2.75, 3.05) is 6.73 Å². The molecular weight excluding hydrogens is 118 g/mol. The molecule has 1 atom stereocenters. The van der Waals surface area contributed by atoms with Gasteiger partial charge in [0.15, 0.2) is 6.29 Å². The molecule has 0 heterocycles. The van der Waals surface area contributed by atoms with Gasteiger partial charge in [0.25, 0.3) is 0 Å². The van der Waals surface area contributed by atoms with Gasteiger partial charge in [-0.2, -0.15) is 0 Å². The summed E-state index contributed by atoms with van der Waals surface area (Å²) in [6.07, 6.45) is -0.670. The topological polar surface area (TPSA) is 41.5 Å². The van der Waals surface area contributed by atoms with Crippen molar-refractivity contribution in [1.82, 2.24) is 5.32 Å². The van der Waals surface area contributed by atoms with Crippen molar-refractivity contribution in [3.8, 4) is 0 Å². The standard InChI is InChI=1S/C6H15NO2/c1-5(2)7-4-9-6(3)8/h5-8H,4H2,1-3H3. The van der Waals surface area contributed by atoms with Gasteiger partial charge in [0.05, 0.1) is 6.73 Å². The summed E-state index contributed by atoms with van der Waals surface area (Å²) in [4.78, 5) is 0. The van der Waals surface area contributed by atoms with Crippen molar-refractivity contribution in [2.45, 2.75) is 33.1 Å². The highest BCUT2D eigenvalue weighted by Crippen LogP contribution is 1.81. The number of rotatable bonds is 4. The van der Waals surface area contributed by atoms with E-state index in [0.717, 1.165) is 0 Å². The Morgan fingerprint density at radius 1 is 1.44 bits per heavy atom. The summed E-state index contributed by atoms with van der Waals surface area (Å²) in [5, 5.41) is 11.6. The second-order valence-corrected chi connectivity index (χ2v) is 2.27. The van der Waals surface area contributed by atoms with Gasteiger partial charge in [-0.15, -0.1) is 0 Å². The van der Waals surface area contributed by atoms with E-state index in [-0.39, 0.29) is 0 Å². The second-order valence-electron chi connectivity index (χ2n) is 2.27. The molecule has 0 aromatic rings. The molecule has 0 saturated carbocycles. The average molecular weight is 133 g/mol. The zero-order valence-electron chi connectivity index (χ0n) is 6.22. The largest absolute Gasteiger partial charge is 0.368 e. The molecule has 0 aliphatic rings. The molecule has 0 saturated heterocycles. The molecule has 1 unspecified atom stereocenters. The molecule has 9 heavy (non-hydrogen) atoms. The van der Waals surface area contributed by atoms with E-state index in [4.69, 9.17) is 9.84 Å². The predicted molar refractivity (Wildman–Crippen MR) is 35.9 cm³/mol. The number of aliphatic hydroxyl groups is 1. The lowest BCUT2D eigenvalue weighted by atomic mass is 10.4. The molecule has 0 aliphatic carbocycles. The van der Waals surface area contributed by atoms with Crippen LogP contribution in [0, 0.1) is 0 Å². The zero-order chi connectivity index (χ0) is 7.28.